The van der Waals surface area contributed by atoms with Crippen molar-refractivity contribution >= 4 is 41.8 Å². The number of aryl methyl sites for hydroxylation is 2. The first kappa shape index (κ1) is 20.5. The Balaban J connectivity index is 0.00000144. The van der Waals surface area contributed by atoms with E-state index >= 15 is 0 Å². The SMILES string of the molecule is Cc1cc(C(=O)N2CCC(C)(CN)C2)c2c(=O)[nH]n(C)c2n1.Cl.Cl. The maximum Gasteiger partial charge on any atom is 0.274 e. The predicted octanol–water partition coefficient (Wildman–Crippen LogP) is 1.22. The second-order valence-electron chi connectivity index (χ2n) is 6.50. The van der Waals surface area contributed by atoms with Gasteiger partial charge in [-0.25, -0.2) is 4.98 Å². The quantitative estimate of drug-likeness (QED) is 0.824. The number of nitrogens with zero attached hydrogens (tertiary/aromatic N) is 3. The third-order valence-corrected chi connectivity index (χ3v) is 4.51. The van der Waals surface area contributed by atoms with Crippen LogP contribution in [0, 0.1) is 12.3 Å². The molecule has 7 nitrogen and oxygen atoms in total. The molecule has 2 aromatic rings. The van der Waals surface area contributed by atoms with Gasteiger partial charge in [-0.2, -0.15) is 0 Å². The summed E-state index contributed by atoms with van der Waals surface area (Å²) in [5.74, 6) is -0.121. The van der Waals surface area contributed by atoms with Crippen LogP contribution in [0.2, 0.25) is 0 Å². The van der Waals surface area contributed by atoms with Crippen molar-refractivity contribution in [2.24, 2.45) is 18.2 Å². The molecule has 1 fully saturated rings. The minimum absolute atomic E-state index is 0. The molecule has 1 unspecified atom stereocenters. The average Bonchev–Trinajstić information content (AvgIpc) is 3.00. The predicted molar refractivity (Wildman–Crippen MR) is 98.2 cm³/mol. The van der Waals surface area contributed by atoms with E-state index in [4.69, 9.17) is 5.73 Å². The van der Waals surface area contributed by atoms with E-state index in [1.807, 2.05) is 6.92 Å². The monoisotopic (exact) mass is 375 g/mol. The molecule has 0 saturated carbocycles. The van der Waals surface area contributed by atoms with E-state index in [0.717, 1.165) is 6.42 Å². The Labute approximate surface area is 152 Å². The number of H-pyrrole nitrogens is 1. The number of aromatic amines is 1. The van der Waals surface area contributed by atoms with Crippen LogP contribution >= 0.6 is 24.8 Å². The van der Waals surface area contributed by atoms with Crippen molar-refractivity contribution in [2.45, 2.75) is 20.3 Å². The standard InChI is InChI=1S/C15H21N5O2.2ClH/c1-9-6-10(11-12(17-9)19(3)18-13(11)21)14(22)20-5-4-15(2,7-16)8-20;;/h6H,4-5,7-8,16H2,1-3H3,(H,18,21);2*1H. The number of hydrogen-bond donors (Lipinski definition) is 2. The summed E-state index contributed by atoms with van der Waals surface area (Å²) in [6.07, 6.45) is 0.883. The average molecular weight is 376 g/mol. The molecule has 3 N–H and O–H groups in total. The third-order valence-electron chi connectivity index (χ3n) is 4.51. The lowest BCUT2D eigenvalue weighted by molar-refractivity contribution is 0.0778. The highest BCUT2D eigenvalue weighted by atomic mass is 35.5. The lowest BCUT2D eigenvalue weighted by Crippen LogP contribution is -2.34. The van der Waals surface area contributed by atoms with Gasteiger partial charge in [-0.1, -0.05) is 6.92 Å². The summed E-state index contributed by atoms with van der Waals surface area (Å²) >= 11 is 0. The molecular weight excluding hydrogens is 353 g/mol. The van der Waals surface area contributed by atoms with Crippen molar-refractivity contribution in [3.63, 3.8) is 0 Å². The van der Waals surface area contributed by atoms with Gasteiger partial charge in [0.2, 0.25) is 0 Å². The van der Waals surface area contributed by atoms with Crippen LogP contribution in [0.1, 0.15) is 29.4 Å². The molecule has 0 spiro atoms. The molecule has 1 amide bonds. The number of carbonyl (C=O) groups is 1. The fourth-order valence-corrected chi connectivity index (χ4v) is 3.09. The summed E-state index contributed by atoms with van der Waals surface area (Å²) in [5.41, 5.74) is 7.12. The molecule has 3 heterocycles. The van der Waals surface area contributed by atoms with Gasteiger partial charge in [-0.05, 0) is 31.4 Å². The molecule has 3 rings (SSSR count). The number of aromatic nitrogens is 3. The topological polar surface area (TPSA) is 97.0 Å². The fourth-order valence-electron chi connectivity index (χ4n) is 3.09. The third kappa shape index (κ3) is 3.29. The van der Waals surface area contributed by atoms with Gasteiger partial charge < -0.3 is 10.6 Å². The largest absolute Gasteiger partial charge is 0.338 e. The molecule has 0 radical (unpaired) electrons. The van der Waals surface area contributed by atoms with Gasteiger partial charge in [0.25, 0.3) is 11.5 Å². The number of fused-ring (bicyclic) bond motifs is 1. The summed E-state index contributed by atoms with van der Waals surface area (Å²) in [6, 6.07) is 1.69. The van der Waals surface area contributed by atoms with Gasteiger partial charge >= 0.3 is 0 Å². The molecule has 0 aromatic carbocycles. The maximum absolute atomic E-state index is 12.9. The van der Waals surface area contributed by atoms with Crippen molar-refractivity contribution in [2.75, 3.05) is 19.6 Å². The first-order valence-electron chi connectivity index (χ1n) is 7.40. The first-order valence-corrected chi connectivity index (χ1v) is 7.40. The summed E-state index contributed by atoms with van der Waals surface area (Å²) in [7, 11) is 1.71. The Hall–Kier alpha value is -1.57. The highest BCUT2D eigenvalue weighted by molar-refractivity contribution is 6.05. The van der Waals surface area contributed by atoms with Gasteiger partial charge in [0, 0.05) is 25.8 Å². The van der Waals surface area contributed by atoms with Crippen molar-refractivity contribution in [3.8, 4) is 0 Å². The summed E-state index contributed by atoms with van der Waals surface area (Å²) in [5, 5.41) is 3.02. The van der Waals surface area contributed by atoms with Crippen LogP contribution in [-0.4, -0.2) is 45.2 Å². The number of likely N-dealkylation sites (tertiary alicyclic amines) is 1. The van der Waals surface area contributed by atoms with E-state index < -0.39 is 0 Å². The van der Waals surface area contributed by atoms with Gasteiger partial charge in [-0.15, -0.1) is 24.8 Å². The Morgan fingerprint density at radius 1 is 1.46 bits per heavy atom. The number of amides is 1. The smallest absolute Gasteiger partial charge is 0.274 e. The number of pyridine rings is 1. The molecule has 9 heteroatoms. The Morgan fingerprint density at radius 2 is 2.12 bits per heavy atom. The molecule has 1 saturated heterocycles. The Kier molecular flexibility index (Phi) is 6.08. The van der Waals surface area contributed by atoms with E-state index in [0.29, 0.717) is 41.9 Å². The van der Waals surface area contributed by atoms with E-state index in [1.165, 1.54) is 0 Å². The minimum Gasteiger partial charge on any atom is -0.338 e. The van der Waals surface area contributed by atoms with Crippen LogP contribution in [0.25, 0.3) is 11.0 Å². The highest BCUT2D eigenvalue weighted by Crippen LogP contribution is 2.30. The molecule has 24 heavy (non-hydrogen) atoms. The van der Waals surface area contributed by atoms with Gasteiger partial charge in [0.05, 0.1) is 10.9 Å². The van der Waals surface area contributed by atoms with Crippen LogP contribution in [0.15, 0.2) is 10.9 Å². The van der Waals surface area contributed by atoms with Crippen LogP contribution in [-0.2, 0) is 7.05 Å². The number of hydrogen-bond acceptors (Lipinski definition) is 4. The van der Waals surface area contributed by atoms with Crippen LogP contribution in [0.5, 0.6) is 0 Å². The summed E-state index contributed by atoms with van der Waals surface area (Å²) in [4.78, 5) is 31.1. The zero-order valence-electron chi connectivity index (χ0n) is 14.0. The van der Waals surface area contributed by atoms with Crippen molar-refractivity contribution in [1.29, 1.82) is 0 Å². The number of nitrogens with one attached hydrogen (secondary N) is 1. The second-order valence-corrected chi connectivity index (χ2v) is 6.50. The van der Waals surface area contributed by atoms with Gasteiger partial charge in [0.15, 0.2) is 5.65 Å². The fraction of sp³-hybridized carbons (Fsp3) is 0.533. The van der Waals surface area contributed by atoms with Crippen molar-refractivity contribution in [3.05, 3.63) is 27.7 Å². The van der Waals surface area contributed by atoms with Crippen LogP contribution < -0.4 is 11.3 Å². The number of rotatable bonds is 2. The normalized spacial score (nSPS) is 19.9. The number of carbonyl (C=O) groups excluding carboxylic acids is 1. The highest BCUT2D eigenvalue weighted by Gasteiger charge is 2.36. The molecule has 0 aliphatic carbocycles. The van der Waals surface area contributed by atoms with E-state index in [2.05, 4.69) is 17.0 Å². The zero-order chi connectivity index (χ0) is 16.1. The van der Waals surface area contributed by atoms with Crippen molar-refractivity contribution in [1.82, 2.24) is 19.7 Å². The molecule has 1 aliphatic heterocycles. The molecule has 1 atom stereocenters. The van der Waals surface area contributed by atoms with Gasteiger partial charge in [0.1, 0.15) is 0 Å². The molecule has 1 aliphatic rings. The molecule has 0 bridgehead atoms. The number of nitrogens with two attached hydrogens (primary N) is 1. The van der Waals surface area contributed by atoms with Crippen LogP contribution in [0.3, 0.4) is 0 Å². The van der Waals surface area contributed by atoms with Crippen LogP contribution in [0.4, 0.5) is 0 Å². The Bertz CT molecular complexity index is 816. The van der Waals surface area contributed by atoms with Gasteiger partial charge in [-0.3, -0.25) is 19.4 Å². The van der Waals surface area contributed by atoms with E-state index in [9.17, 15) is 9.59 Å². The lowest BCUT2D eigenvalue weighted by Gasteiger charge is -2.22. The lowest BCUT2D eigenvalue weighted by atomic mass is 9.90. The van der Waals surface area contributed by atoms with Crippen molar-refractivity contribution < 1.29 is 4.79 Å². The minimum atomic E-state index is -0.283. The zero-order valence-corrected chi connectivity index (χ0v) is 15.6. The van der Waals surface area contributed by atoms with E-state index in [-0.39, 0.29) is 41.7 Å². The number of halogens is 2. The molecule has 2 aromatic heterocycles. The summed E-state index contributed by atoms with van der Waals surface area (Å²) < 4.78 is 1.55. The maximum atomic E-state index is 12.9. The van der Waals surface area contributed by atoms with E-state index in [1.54, 1.807) is 22.7 Å². The first-order chi connectivity index (χ1) is 10.3. The second kappa shape index (κ2) is 7.13. The molecule has 134 valence electrons. The molecular formula is C15H23Cl2N5O2. The Morgan fingerprint density at radius 3 is 2.71 bits per heavy atom. The summed E-state index contributed by atoms with van der Waals surface area (Å²) in [6.45, 7) is 5.74.